The Kier molecular flexibility index (Phi) is 4.36. The molecule has 4 nitrogen and oxygen atoms in total. The number of rotatable bonds is 2. The third kappa shape index (κ3) is 3.72. The summed E-state index contributed by atoms with van der Waals surface area (Å²) in [5.74, 6) is -0.237. The normalized spacial score (nSPS) is 10.5. The fraction of sp³-hybridized carbons (Fsp3) is 0.118. The molecule has 0 saturated carbocycles. The monoisotopic (exact) mass is 341 g/mol. The van der Waals surface area contributed by atoms with Crippen LogP contribution in [0.15, 0.2) is 42.5 Å². The Labute approximate surface area is 143 Å². The van der Waals surface area contributed by atoms with E-state index < -0.39 is 0 Å². The lowest BCUT2D eigenvalue weighted by Crippen LogP contribution is -2.34. The van der Waals surface area contributed by atoms with Crippen LogP contribution in [0.25, 0.3) is 10.2 Å². The lowest BCUT2D eigenvalue weighted by atomic mass is 10.1. The van der Waals surface area contributed by atoms with Crippen molar-refractivity contribution in [3.8, 4) is 0 Å². The quantitative estimate of drug-likeness (QED) is 0.691. The van der Waals surface area contributed by atoms with E-state index in [1.54, 1.807) is 12.1 Å². The summed E-state index contributed by atoms with van der Waals surface area (Å²) in [4.78, 5) is 16.6. The molecule has 0 spiro atoms. The number of nitrogens with one attached hydrogen (secondary N) is 2. The van der Waals surface area contributed by atoms with Crippen LogP contribution in [-0.2, 0) is 0 Å². The van der Waals surface area contributed by atoms with E-state index in [4.69, 9.17) is 12.2 Å². The molecule has 1 amide bonds. The van der Waals surface area contributed by atoms with Gasteiger partial charge < -0.3 is 5.32 Å². The number of fused-ring (bicyclic) bond motifs is 1. The summed E-state index contributed by atoms with van der Waals surface area (Å²) in [5, 5.41) is 6.55. The number of amides is 1. The van der Waals surface area contributed by atoms with Crippen LogP contribution in [0.4, 0.5) is 5.13 Å². The number of thiocarbonyl (C=S) groups is 1. The molecule has 23 heavy (non-hydrogen) atoms. The highest BCUT2D eigenvalue weighted by atomic mass is 32.1. The van der Waals surface area contributed by atoms with Crippen LogP contribution in [0.3, 0.4) is 0 Å². The summed E-state index contributed by atoms with van der Waals surface area (Å²) in [6, 6.07) is 13.4. The molecular formula is C17H15N3OS2. The maximum Gasteiger partial charge on any atom is 0.257 e. The minimum absolute atomic E-state index is 0.237. The van der Waals surface area contributed by atoms with Crippen molar-refractivity contribution in [1.82, 2.24) is 10.3 Å². The number of thiazole rings is 1. The summed E-state index contributed by atoms with van der Waals surface area (Å²) in [6.45, 7) is 4.02. The lowest BCUT2D eigenvalue weighted by molar-refractivity contribution is 0.0978. The van der Waals surface area contributed by atoms with Gasteiger partial charge in [0.25, 0.3) is 5.91 Å². The third-order valence-electron chi connectivity index (χ3n) is 3.31. The summed E-state index contributed by atoms with van der Waals surface area (Å²) in [7, 11) is 0. The van der Waals surface area contributed by atoms with Gasteiger partial charge in [0, 0.05) is 5.56 Å². The number of hydrogen-bond donors (Lipinski definition) is 2. The number of anilines is 1. The maximum absolute atomic E-state index is 12.1. The molecule has 0 radical (unpaired) electrons. The van der Waals surface area contributed by atoms with E-state index in [1.165, 1.54) is 16.9 Å². The number of aryl methyl sites for hydroxylation is 2. The number of benzene rings is 2. The summed E-state index contributed by atoms with van der Waals surface area (Å²) >= 11 is 6.70. The van der Waals surface area contributed by atoms with Crippen LogP contribution in [0.2, 0.25) is 0 Å². The van der Waals surface area contributed by atoms with E-state index in [0.717, 1.165) is 15.8 Å². The summed E-state index contributed by atoms with van der Waals surface area (Å²) in [5.41, 5.74) is 3.77. The minimum Gasteiger partial charge on any atom is -0.308 e. The smallest absolute Gasteiger partial charge is 0.257 e. The Bertz CT molecular complexity index is 884. The molecule has 0 aliphatic carbocycles. The van der Waals surface area contributed by atoms with Gasteiger partial charge in [-0.2, -0.15) is 0 Å². The number of carbonyl (C=O) groups excluding carboxylic acids is 1. The van der Waals surface area contributed by atoms with Gasteiger partial charge in [0.05, 0.1) is 10.2 Å². The third-order valence-corrected chi connectivity index (χ3v) is 4.44. The second-order valence-electron chi connectivity index (χ2n) is 5.26. The van der Waals surface area contributed by atoms with Gasteiger partial charge in [-0.3, -0.25) is 10.1 Å². The zero-order valence-corrected chi connectivity index (χ0v) is 14.3. The first kappa shape index (κ1) is 15.6. The Morgan fingerprint density at radius 2 is 1.78 bits per heavy atom. The van der Waals surface area contributed by atoms with Crippen LogP contribution < -0.4 is 10.6 Å². The van der Waals surface area contributed by atoms with E-state index in [1.807, 2.05) is 38.1 Å². The molecule has 0 aliphatic rings. The van der Waals surface area contributed by atoms with E-state index in [9.17, 15) is 4.79 Å². The highest BCUT2D eigenvalue weighted by molar-refractivity contribution is 7.80. The first-order valence-electron chi connectivity index (χ1n) is 7.07. The van der Waals surface area contributed by atoms with Gasteiger partial charge in [0.1, 0.15) is 0 Å². The Hall–Kier alpha value is -2.31. The predicted octanol–water partition coefficient (Wildman–Crippen LogP) is 4.04. The van der Waals surface area contributed by atoms with E-state index in [-0.39, 0.29) is 11.0 Å². The number of nitrogens with zero attached hydrogens (tertiary/aromatic N) is 1. The van der Waals surface area contributed by atoms with Gasteiger partial charge in [-0.1, -0.05) is 35.1 Å². The number of carbonyl (C=O) groups is 1. The zero-order chi connectivity index (χ0) is 16.4. The summed E-state index contributed by atoms with van der Waals surface area (Å²) in [6.07, 6.45) is 0. The van der Waals surface area contributed by atoms with Gasteiger partial charge in [-0.25, -0.2) is 4.98 Å². The molecule has 6 heteroatoms. The molecule has 2 aromatic carbocycles. The highest BCUT2D eigenvalue weighted by Crippen LogP contribution is 2.26. The topological polar surface area (TPSA) is 54.0 Å². The fourth-order valence-corrected chi connectivity index (χ4v) is 3.32. The Morgan fingerprint density at radius 3 is 2.52 bits per heavy atom. The van der Waals surface area contributed by atoms with Crippen LogP contribution in [0.1, 0.15) is 21.5 Å². The van der Waals surface area contributed by atoms with Crippen molar-refractivity contribution in [2.45, 2.75) is 13.8 Å². The molecule has 0 unspecified atom stereocenters. The van der Waals surface area contributed by atoms with Crippen molar-refractivity contribution < 1.29 is 4.79 Å². The van der Waals surface area contributed by atoms with Crippen molar-refractivity contribution in [3.05, 3.63) is 59.2 Å². The molecule has 0 aliphatic heterocycles. The van der Waals surface area contributed by atoms with Crippen molar-refractivity contribution >= 4 is 49.9 Å². The standard InChI is InChI=1S/C17H15N3OS2/c1-10-3-6-12(7-4-10)15(21)19-16(22)20-17-18-13-8-5-11(2)9-14(13)23-17/h3-9H,1-2H3,(H2,18,19,20,21,22). The van der Waals surface area contributed by atoms with Gasteiger partial charge >= 0.3 is 0 Å². The molecular weight excluding hydrogens is 326 g/mol. The van der Waals surface area contributed by atoms with Gasteiger partial charge in [-0.15, -0.1) is 0 Å². The first-order chi connectivity index (χ1) is 11.0. The fourth-order valence-electron chi connectivity index (χ4n) is 2.09. The van der Waals surface area contributed by atoms with E-state index in [0.29, 0.717) is 10.7 Å². The van der Waals surface area contributed by atoms with Crippen molar-refractivity contribution in [2.75, 3.05) is 5.32 Å². The second-order valence-corrected chi connectivity index (χ2v) is 6.70. The van der Waals surface area contributed by atoms with Crippen LogP contribution in [-0.4, -0.2) is 16.0 Å². The molecule has 0 fully saturated rings. The van der Waals surface area contributed by atoms with E-state index in [2.05, 4.69) is 21.7 Å². The Morgan fingerprint density at radius 1 is 1.09 bits per heavy atom. The van der Waals surface area contributed by atoms with Gasteiger partial charge in [0.15, 0.2) is 10.2 Å². The molecule has 0 bridgehead atoms. The SMILES string of the molecule is Cc1ccc(C(=O)NC(=S)Nc2nc3ccc(C)cc3s2)cc1. The van der Waals surface area contributed by atoms with Crippen molar-refractivity contribution in [1.29, 1.82) is 0 Å². The molecule has 1 aromatic heterocycles. The molecule has 2 N–H and O–H groups in total. The molecule has 116 valence electrons. The highest BCUT2D eigenvalue weighted by Gasteiger charge is 2.10. The van der Waals surface area contributed by atoms with E-state index >= 15 is 0 Å². The molecule has 1 heterocycles. The minimum atomic E-state index is -0.237. The zero-order valence-electron chi connectivity index (χ0n) is 12.7. The molecule has 0 saturated heterocycles. The number of aromatic nitrogens is 1. The van der Waals surface area contributed by atoms with Crippen LogP contribution >= 0.6 is 23.6 Å². The lowest BCUT2D eigenvalue weighted by Gasteiger charge is -2.07. The average Bonchev–Trinajstić information content (AvgIpc) is 2.88. The molecule has 0 atom stereocenters. The maximum atomic E-state index is 12.1. The van der Waals surface area contributed by atoms with Gasteiger partial charge in [-0.05, 0) is 55.9 Å². The molecule has 3 rings (SSSR count). The van der Waals surface area contributed by atoms with Crippen molar-refractivity contribution in [3.63, 3.8) is 0 Å². The second kappa shape index (κ2) is 6.44. The number of hydrogen-bond acceptors (Lipinski definition) is 4. The Balaban J connectivity index is 1.68. The average molecular weight is 341 g/mol. The largest absolute Gasteiger partial charge is 0.308 e. The van der Waals surface area contributed by atoms with Crippen LogP contribution in [0.5, 0.6) is 0 Å². The predicted molar refractivity (Wildman–Crippen MR) is 99.2 cm³/mol. The molecule has 3 aromatic rings. The van der Waals surface area contributed by atoms with Gasteiger partial charge in [0.2, 0.25) is 0 Å². The first-order valence-corrected chi connectivity index (χ1v) is 8.30. The van der Waals surface area contributed by atoms with Crippen molar-refractivity contribution in [2.24, 2.45) is 0 Å². The van der Waals surface area contributed by atoms with Crippen LogP contribution in [0, 0.1) is 13.8 Å². The summed E-state index contributed by atoms with van der Waals surface area (Å²) < 4.78 is 1.08.